The summed E-state index contributed by atoms with van der Waals surface area (Å²) in [5.74, 6) is 1.79. The van der Waals surface area contributed by atoms with E-state index in [1.54, 1.807) is 0 Å². The minimum Gasteiger partial charge on any atom is -0.340 e. The normalized spacial score (nSPS) is 17.1. The summed E-state index contributed by atoms with van der Waals surface area (Å²) < 4.78 is 1.93. The maximum atomic E-state index is 10.0. The lowest BCUT2D eigenvalue weighted by Crippen LogP contribution is -2.41. The summed E-state index contributed by atoms with van der Waals surface area (Å²) in [6.45, 7) is 9.31. The number of rotatable bonds is 3. The van der Waals surface area contributed by atoms with Crippen LogP contribution in [-0.2, 0) is 5.41 Å². The minimum atomic E-state index is -0.206. The number of aromatic nitrogens is 3. The van der Waals surface area contributed by atoms with Crippen molar-refractivity contribution < 1.29 is 0 Å². The van der Waals surface area contributed by atoms with Gasteiger partial charge in [0.2, 0.25) is 0 Å². The molecule has 1 atom stereocenters. The summed E-state index contributed by atoms with van der Waals surface area (Å²) in [5, 5.41) is 15.0. The molecule has 30 heavy (non-hydrogen) atoms. The number of pyridine rings is 1. The first kappa shape index (κ1) is 20.4. The highest BCUT2D eigenvalue weighted by molar-refractivity contribution is 5.85. The van der Waals surface area contributed by atoms with E-state index in [2.05, 4.69) is 62.9 Å². The van der Waals surface area contributed by atoms with E-state index in [0.717, 1.165) is 47.7 Å². The van der Waals surface area contributed by atoms with Crippen molar-refractivity contribution in [2.45, 2.75) is 52.1 Å². The van der Waals surface area contributed by atoms with Gasteiger partial charge in [-0.2, -0.15) is 9.78 Å². The van der Waals surface area contributed by atoms with E-state index in [-0.39, 0.29) is 11.6 Å². The molecule has 3 aromatic rings. The highest BCUT2D eigenvalue weighted by Gasteiger charge is 2.33. The molecule has 1 aromatic carbocycles. The summed E-state index contributed by atoms with van der Waals surface area (Å²) >= 11 is 0. The van der Waals surface area contributed by atoms with Gasteiger partial charge in [0, 0.05) is 17.5 Å². The zero-order valence-corrected chi connectivity index (χ0v) is 18.8. The van der Waals surface area contributed by atoms with E-state index in [9.17, 15) is 5.26 Å². The molecule has 0 aliphatic carbocycles. The van der Waals surface area contributed by atoms with Gasteiger partial charge in [-0.15, -0.1) is 5.10 Å². The van der Waals surface area contributed by atoms with E-state index >= 15 is 0 Å². The van der Waals surface area contributed by atoms with Crippen molar-refractivity contribution in [1.82, 2.24) is 19.5 Å². The Labute approximate surface area is 178 Å². The zero-order chi connectivity index (χ0) is 21.6. The van der Waals surface area contributed by atoms with Gasteiger partial charge in [0.05, 0.1) is 6.17 Å². The van der Waals surface area contributed by atoms with Gasteiger partial charge in [-0.3, -0.25) is 4.90 Å². The average molecular weight is 403 g/mol. The number of nitrogens with zero attached hydrogens (tertiary/aromatic N) is 6. The summed E-state index contributed by atoms with van der Waals surface area (Å²) in [6, 6.07) is 12.8. The second-order valence-electron chi connectivity index (χ2n) is 9.38. The summed E-state index contributed by atoms with van der Waals surface area (Å²) in [4.78, 5) is 9.54. The molecule has 1 fully saturated rings. The maximum absolute atomic E-state index is 10.0. The Morgan fingerprint density at radius 1 is 1.17 bits per heavy atom. The predicted molar refractivity (Wildman–Crippen MR) is 121 cm³/mol. The van der Waals surface area contributed by atoms with E-state index in [4.69, 9.17) is 10.1 Å². The van der Waals surface area contributed by atoms with E-state index in [0.29, 0.717) is 11.2 Å². The van der Waals surface area contributed by atoms with Gasteiger partial charge >= 0.3 is 0 Å². The van der Waals surface area contributed by atoms with Crippen LogP contribution < -0.4 is 4.90 Å². The lowest BCUT2D eigenvalue weighted by molar-refractivity contribution is 0.299. The highest BCUT2D eigenvalue weighted by atomic mass is 15.4. The molecule has 3 heterocycles. The Balaban J connectivity index is 2.13. The number of anilines is 1. The maximum Gasteiger partial charge on any atom is 0.176 e. The molecule has 1 unspecified atom stereocenters. The lowest BCUT2D eigenvalue weighted by Gasteiger charge is -2.33. The fraction of sp³-hybridized carbons (Fsp3) is 0.458. The molecule has 0 radical (unpaired) electrons. The minimum absolute atomic E-state index is 0.206. The van der Waals surface area contributed by atoms with Crippen molar-refractivity contribution in [2.75, 3.05) is 25.5 Å². The zero-order valence-electron chi connectivity index (χ0n) is 18.8. The molecule has 0 amide bonds. The van der Waals surface area contributed by atoms with Crippen molar-refractivity contribution in [3.8, 4) is 17.2 Å². The van der Waals surface area contributed by atoms with Crippen LogP contribution in [0.2, 0.25) is 0 Å². The van der Waals surface area contributed by atoms with Gasteiger partial charge in [-0.25, -0.2) is 4.98 Å². The van der Waals surface area contributed by atoms with Gasteiger partial charge < -0.3 is 4.90 Å². The van der Waals surface area contributed by atoms with Crippen LogP contribution in [0.1, 0.15) is 50.6 Å². The monoisotopic (exact) mass is 402 g/mol. The molecule has 6 heteroatoms. The van der Waals surface area contributed by atoms with E-state index in [1.807, 2.05) is 29.6 Å². The molecular weight excluding hydrogens is 372 g/mol. The first-order valence-electron chi connectivity index (χ1n) is 10.6. The summed E-state index contributed by atoms with van der Waals surface area (Å²) in [7, 11) is 4.25. The smallest absolute Gasteiger partial charge is 0.176 e. The van der Waals surface area contributed by atoms with Crippen molar-refractivity contribution in [2.24, 2.45) is 0 Å². The first-order valence-corrected chi connectivity index (χ1v) is 10.6. The second-order valence-corrected chi connectivity index (χ2v) is 9.38. The number of hydrogen-bond acceptors (Lipinski definition) is 5. The topological polar surface area (TPSA) is 60.5 Å². The fourth-order valence-electron chi connectivity index (χ4n) is 4.39. The first-order chi connectivity index (χ1) is 14.2. The highest BCUT2D eigenvalue weighted by Crippen LogP contribution is 2.40. The molecule has 4 rings (SSSR count). The molecule has 0 spiro atoms. The van der Waals surface area contributed by atoms with Crippen LogP contribution >= 0.6 is 0 Å². The molecule has 2 aromatic heterocycles. The molecule has 0 saturated carbocycles. The van der Waals surface area contributed by atoms with Crippen molar-refractivity contribution in [3.63, 3.8) is 0 Å². The van der Waals surface area contributed by atoms with Crippen LogP contribution in [0.25, 0.3) is 16.8 Å². The molecule has 156 valence electrons. The third-order valence-corrected chi connectivity index (χ3v) is 5.94. The molecule has 1 saturated heterocycles. The van der Waals surface area contributed by atoms with Crippen molar-refractivity contribution in [3.05, 3.63) is 47.3 Å². The molecule has 1 aliphatic rings. The number of hydrogen-bond donors (Lipinski definition) is 0. The quantitative estimate of drug-likeness (QED) is 0.651. The average Bonchev–Trinajstić information content (AvgIpc) is 3.35. The Hall–Kier alpha value is -2.91. The Morgan fingerprint density at radius 3 is 2.47 bits per heavy atom. The second kappa shape index (κ2) is 7.41. The molecule has 1 aliphatic heterocycles. The molecular formula is C24H30N6. The largest absolute Gasteiger partial charge is 0.340 e. The van der Waals surface area contributed by atoms with Gasteiger partial charge in [0.25, 0.3) is 0 Å². The summed E-state index contributed by atoms with van der Waals surface area (Å²) in [5.41, 5.74) is 4.17. The van der Waals surface area contributed by atoms with E-state index in [1.165, 1.54) is 0 Å². The Morgan fingerprint density at radius 2 is 1.87 bits per heavy atom. The molecule has 6 nitrogen and oxygen atoms in total. The van der Waals surface area contributed by atoms with Crippen LogP contribution in [0.5, 0.6) is 0 Å². The van der Waals surface area contributed by atoms with Crippen LogP contribution in [0.3, 0.4) is 0 Å². The SMILES string of the molecule is Cc1c(-c2ccccc2)c(N2CCCC2N(C)C)n2nc(C(C)(C)C)nc2c1C#N. The Bertz CT molecular complexity index is 1110. The van der Waals surface area contributed by atoms with Crippen LogP contribution in [0.4, 0.5) is 5.82 Å². The third kappa shape index (κ3) is 3.23. The fourth-order valence-corrected chi connectivity index (χ4v) is 4.39. The summed E-state index contributed by atoms with van der Waals surface area (Å²) in [6.07, 6.45) is 2.51. The predicted octanol–water partition coefficient (Wildman–Crippen LogP) is 4.36. The molecule has 0 bridgehead atoms. The lowest BCUT2D eigenvalue weighted by atomic mass is 9.96. The third-order valence-electron chi connectivity index (χ3n) is 5.94. The van der Waals surface area contributed by atoms with Gasteiger partial charge in [-0.1, -0.05) is 51.1 Å². The van der Waals surface area contributed by atoms with Crippen molar-refractivity contribution >= 4 is 11.5 Å². The van der Waals surface area contributed by atoms with E-state index < -0.39 is 0 Å². The Kier molecular flexibility index (Phi) is 5.03. The van der Waals surface area contributed by atoms with Gasteiger partial charge in [-0.05, 0) is 45.0 Å². The van der Waals surface area contributed by atoms with Crippen LogP contribution in [0, 0.1) is 18.3 Å². The standard InChI is InChI=1S/C24H30N6/c1-16-18(15-25)21-26-23(24(2,3)4)27-30(21)22(20(16)17-11-8-7-9-12-17)29-14-10-13-19(29)28(5)6/h7-9,11-12,19H,10,13-14H2,1-6H3. The number of benzene rings is 1. The number of nitriles is 1. The van der Waals surface area contributed by atoms with Gasteiger partial charge in [0.15, 0.2) is 11.5 Å². The molecule has 0 N–H and O–H groups in total. The number of fused-ring (bicyclic) bond motifs is 1. The van der Waals surface area contributed by atoms with Gasteiger partial charge in [0.1, 0.15) is 17.5 Å². The van der Waals surface area contributed by atoms with Crippen LogP contribution in [0.15, 0.2) is 30.3 Å². The van der Waals surface area contributed by atoms with Crippen molar-refractivity contribution in [1.29, 1.82) is 5.26 Å². The van der Waals surface area contributed by atoms with Crippen LogP contribution in [-0.4, -0.2) is 46.3 Å².